The van der Waals surface area contributed by atoms with E-state index >= 15 is 0 Å². The monoisotopic (exact) mass is 267 g/mol. The molecule has 1 heterocycles. The van der Waals surface area contributed by atoms with Gasteiger partial charge in [-0.1, -0.05) is 30.3 Å². The summed E-state index contributed by atoms with van der Waals surface area (Å²) in [4.78, 5) is 11.8. The topological polar surface area (TPSA) is 47.6 Å². The van der Waals surface area contributed by atoms with Crippen LogP contribution in [0.3, 0.4) is 0 Å². The van der Waals surface area contributed by atoms with E-state index in [1.54, 1.807) is 0 Å². The number of hydrogen-bond donors (Lipinski definition) is 1. The van der Waals surface area contributed by atoms with Crippen LogP contribution in [-0.4, -0.2) is 37.9 Å². The molecule has 4 nitrogen and oxygen atoms in total. The molecule has 2 rings (SSSR count). The van der Waals surface area contributed by atoms with Crippen LogP contribution in [0.5, 0.6) is 0 Å². The van der Waals surface area contributed by atoms with Crippen molar-refractivity contribution in [2.75, 3.05) is 20.3 Å². The predicted octanol–water partition coefficient (Wildman–Crippen LogP) is 1.45. The third-order valence-corrected chi connectivity index (χ3v) is 3.15. The van der Waals surface area contributed by atoms with E-state index in [2.05, 4.69) is 5.32 Å². The first-order chi connectivity index (χ1) is 9.13. The van der Waals surface area contributed by atoms with E-state index in [0.29, 0.717) is 0 Å². The van der Waals surface area contributed by atoms with Crippen LogP contribution in [-0.2, 0) is 20.9 Å². The largest absolute Gasteiger partial charge is 0.460 e. The highest BCUT2D eigenvalue weighted by Gasteiger charge is 2.42. The van der Waals surface area contributed by atoms with Gasteiger partial charge in [-0.2, -0.15) is 0 Å². The van der Waals surface area contributed by atoms with Gasteiger partial charge in [-0.25, -0.2) is 4.39 Å². The Kier molecular flexibility index (Phi) is 4.50. The molecule has 1 aromatic carbocycles. The van der Waals surface area contributed by atoms with Crippen LogP contribution in [0.2, 0.25) is 0 Å². The molecule has 104 valence electrons. The highest BCUT2D eigenvalue weighted by molar-refractivity contribution is 5.76. The first-order valence-corrected chi connectivity index (χ1v) is 6.25. The van der Waals surface area contributed by atoms with Crippen molar-refractivity contribution >= 4 is 5.97 Å². The number of methoxy groups -OCH3 is 1. The molecule has 1 aliphatic rings. The summed E-state index contributed by atoms with van der Waals surface area (Å²) < 4.78 is 24.1. The Morgan fingerprint density at radius 1 is 1.47 bits per heavy atom. The van der Waals surface area contributed by atoms with Gasteiger partial charge < -0.3 is 14.8 Å². The van der Waals surface area contributed by atoms with Gasteiger partial charge in [-0.15, -0.1) is 0 Å². The Morgan fingerprint density at radius 3 is 2.89 bits per heavy atom. The van der Waals surface area contributed by atoms with Crippen LogP contribution in [0, 0.1) is 0 Å². The van der Waals surface area contributed by atoms with E-state index in [9.17, 15) is 9.18 Å². The molecule has 1 aromatic rings. The lowest BCUT2D eigenvalue weighted by atomic mass is 10.0. The lowest BCUT2D eigenvalue weighted by Gasteiger charge is -2.16. The predicted molar refractivity (Wildman–Crippen MR) is 68.4 cm³/mol. The van der Waals surface area contributed by atoms with Crippen LogP contribution in [0.25, 0.3) is 0 Å². The standard InChI is InChI=1S/C14H18FNO3/c1-18-10-14(15)7-12(16-9-14)13(17)19-8-11-5-3-2-4-6-11/h2-6,12,16H,7-10H2,1H3/t12-,14?/m0/s1. The van der Waals surface area contributed by atoms with E-state index in [1.165, 1.54) is 7.11 Å². The fraction of sp³-hybridized carbons (Fsp3) is 0.500. The highest BCUT2D eigenvalue weighted by atomic mass is 19.1. The molecule has 0 saturated carbocycles. The number of carbonyl (C=O) groups is 1. The van der Waals surface area contributed by atoms with Gasteiger partial charge in [0.25, 0.3) is 0 Å². The Bertz CT molecular complexity index is 426. The Morgan fingerprint density at radius 2 is 2.21 bits per heavy atom. The summed E-state index contributed by atoms with van der Waals surface area (Å²) >= 11 is 0. The van der Waals surface area contributed by atoms with Gasteiger partial charge in [0.1, 0.15) is 18.3 Å². The van der Waals surface area contributed by atoms with Crippen molar-refractivity contribution in [3.63, 3.8) is 0 Å². The average molecular weight is 267 g/mol. The van der Waals surface area contributed by atoms with E-state index in [0.717, 1.165) is 5.56 Å². The van der Waals surface area contributed by atoms with Crippen LogP contribution >= 0.6 is 0 Å². The normalized spacial score (nSPS) is 26.3. The lowest BCUT2D eigenvalue weighted by molar-refractivity contribution is -0.147. The molecule has 0 amide bonds. The number of rotatable bonds is 5. The minimum Gasteiger partial charge on any atom is -0.460 e. The highest BCUT2D eigenvalue weighted by Crippen LogP contribution is 2.25. The average Bonchev–Trinajstić information content (AvgIpc) is 2.80. The maximum atomic E-state index is 14.1. The second kappa shape index (κ2) is 6.12. The fourth-order valence-electron chi connectivity index (χ4n) is 2.18. The second-order valence-electron chi connectivity index (χ2n) is 4.81. The number of carbonyl (C=O) groups excluding carboxylic acids is 1. The SMILES string of the molecule is COCC1(F)CN[C@H](C(=O)OCc2ccccc2)C1. The summed E-state index contributed by atoms with van der Waals surface area (Å²) in [5.74, 6) is -0.417. The number of alkyl halides is 1. The molecule has 0 aliphatic carbocycles. The van der Waals surface area contributed by atoms with Crippen LogP contribution in [0.4, 0.5) is 4.39 Å². The number of nitrogens with one attached hydrogen (secondary N) is 1. The van der Waals surface area contributed by atoms with Gasteiger partial charge in [-0.3, -0.25) is 4.79 Å². The first kappa shape index (κ1) is 14.0. The summed E-state index contributed by atoms with van der Waals surface area (Å²) in [5.41, 5.74) is -0.567. The van der Waals surface area contributed by atoms with Crippen molar-refractivity contribution in [1.82, 2.24) is 5.32 Å². The summed E-state index contributed by atoms with van der Waals surface area (Å²) in [6.07, 6.45) is 0.0917. The van der Waals surface area contributed by atoms with Gasteiger partial charge in [0.15, 0.2) is 0 Å². The van der Waals surface area contributed by atoms with Gasteiger partial charge in [0.05, 0.1) is 6.61 Å². The number of halogens is 1. The second-order valence-corrected chi connectivity index (χ2v) is 4.81. The van der Waals surface area contributed by atoms with Gasteiger partial charge >= 0.3 is 5.97 Å². The van der Waals surface area contributed by atoms with Crippen molar-refractivity contribution < 1.29 is 18.7 Å². The molecule has 5 heteroatoms. The van der Waals surface area contributed by atoms with Crippen molar-refractivity contribution in [1.29, 1.82) is 0 Å². The Labute approximate surface area is 111 Å². The van der Waals surface area contributed by atoms with Crippen molar-refractivity contribution in [3.05, 3.63) is 35.9 Å². The molecule has 1 unspecified atom stereocenters. The van der Waals surface area contributed by atoms with E-state index < -0.39 is 17.7 Å². The minimum atomic E-state index is -1.48. The molecule has 1 N–H and O–H groups in total. The van der Waals surface area contributed by atoms with E-state index in [-0.39, 0.29) is 26.2 Å². The zero-order valence-corrected chi connectivity index (χ0v) is 10.9. The molecule has 0 spiro atoms. The molecule has 2 atom stereocenters. The summed E-state index contributed by atoms with van der Waals surface area (Å²) in [6, 6.07) is 8.81. The van der Waals surface area contributed by atoms with Crippen molar-refractivity contribution in [3.8, 4) is 0 Å². The van der Waals surface area contributed by atoms with E-state index in [1.807, 2.05) is 30.3 Å². The summed E-state index contributed by atoms with van der Waals surface area (Å²) in [5, 5.41) is 2.84. The smallest absolute Gasteiger partial charge is 0.323 e. The number of esters is 1. The van der Waals surface area contributed by atoms with Gasteiger partial charge in [-0.05, 0) is 5.56 Å². The maximum Gasteiger partial charge on any atom is 0.323 e. The Hall–Kier alpha value is -1.46. The molecule has 19 heavy (non-hydrogen) atoms. The van der Waals surface area contributed by atoms with Gasteiger partial charge in [0.2, 0.25) is 0 Å². The maximum absolute atomic E-state index is 14.1. The van der Waals surface area contributed by atoms with E-state index in [4.69, 9.17) is 9.47 Å². The van der Waals surface area contributed by atoms with Crippen LogP contribution in [0.1, 0.15) is 12.0 Å². The quantitative estimate of drug-likeness (QED) is 0.820. The number of benzene rings is 1. The van der Waals surface area contributed by atoms with Crippen molar-refractivity contribution in [2.45, 2.75) is 24.7 Å². The molecule has 1 saturated heterocycles. The minimum absolute atomic E-state index is 0.0114. The number of ether oxygens (including phenoxy) is 2. The summed E-state index contributed by atoms with van der Waals surface area (Å²) in [7, 11) is 1.45. The zero-order chi connectivity index (χ0) is 13.7. The molecule has 0 radical (unpaired) electrons. The third kappa shape index (κ3) is 3.75. The molecular formula is C14H18FNO3. The molecule has 0 bridgehead atoms. The molecule has 0 aromatic heterocycles. The molecular weight excluding hydrogens is 249 g/mol. The lowest BCUT2D eigenvalue weighted by Crippen LogP contribution is -2.32. The third-order valence-electron chi connectivity index (χ3n) is 3.15. The fourth-order valence-corrected chi connectivity index (χ4v) is 2.18. The Balaban J connectivity index is 1.82. The number of hydrogen-bond acceptors (Lipinski definition) is 4. The van der Waals surface area contributed by atoms with Crippen molar-refractivity contribution in [2.24, 2.45) is 0 Å². The molecule has 1 fully saturated rings. The summed E-state index contributed by atoms with van der Waals surface area (Å²) in [6.45, 7) is 0.315. The zero-order valence-electron chi connectivity index (χ0n) is 10.9. The van der Waals surface area contributed by atoms with Crippen LogP contribution < -0.4 is 5.32 Å². The molecule has 1 aliphatic heterocycles. The first-order valence-electron chi connectivity index (χ1n) is 6.25. The van der Waals surface area contributed by atoms with Crippen LogP contribution in [0.15, 0.2) is 30.3 Å². The van der Waals surface area contributed by atoms with Gasteiger partial charge in [0, 0.05) is 20.1 Å².